The maximum absolute atomic E-state index is 12.0. The zero-order chi connectivity index (χ0) is 15.3. The van der Waals surface area contributed by atoms with Gasteiger partial charge in [0, 0.05) is 5.54 Å². The second kappa shape index (κ2) is 7.25. The summed E-state index contributed by atoms with van der Waals surface area (Å²) in [6, 6.07) is 7.15. The number of aliphatic hydroxyl groups is 1. The summed E-state index contributed by atoms with van der Waals surface area (Å²) in [5.74, 6) is 0.554. The summed E-state index contributed by atoms with van der Waals surface area (Å²) in [5.41, 5.74) is 0.297. The van der Waals surface area contributed by atoms with Crippen molar-refractivity contribution in [1.82, 2.24) is 5.32 Å². The summed E-state index contributed by atoms with van der Waals surface area (Å²) in [7, 11) is 0. The number of para-hydroxylation sites is 1. The van der Waals surface area contributed by atoms with Crippen molar-refractivity contribution < 1.29 is 9.90 Å². The monoisotopic (exact) mass is 310 g/mol. The molecule has 1 aromatic rings. The Bertz CT molecular complexity index is 485. The minimum absolute atomic E-state index is 0.0685. The van der Waals surface area contributed by atoms with Crippen LogP contribution in [0.2, 0.25) is 5.02 Å². The Labute approximate surface area is 130 Å². The van der Waals surface area contributed by atoms with Crippen molar-refractivity contribution in [2.45, 2.75) is 38.1 Å². The third-order valence-electron chi connectivity index (χ3n) is 4.31. The van der Waals surface area contributed by atoms with Crippen LogP contribution in [0.4, 0.5) is 5.69 Å². The molecule has 0 radical (unpaired) electrons. The molecule has 1 aliphatic carbocycles. The molecule has 1 aromatic carbocycles. The van der Waals surface area contributed by atoms with E-state index in [2.05, 4.69) is 17.6 Å². The lowest BCUT2D eigenvalue weighted by molar-refractivity contribution is -0.116. The molecular weight excluding hydrogens is 288 g/mol. The van der Waals surface area contributed by atoms with Gasteiger partial charge in [-0.15, -0.1) is 0 Å². The highest BCUT2D eigenvalue weighted by Gasteiger charge is 2.33. The molecule has 0 aliphatic heterocycles. The van der Waals surface area contributed by atoms with Crippen molar-refractivity contribution in [1.29, 1.82) is 0 Å². The van der Waals surface area contributed by atoms with Crippen LogP contribution in [-0.2, 0) is 4.79 Å². The number of hydrogen-bond acceptors (Lipinski definition) is 3. The number of amides is 1. The quantitative estimate of drug-likeness (QED) is 0.783. The Hall–Kier alpha value is -1.10. The number of anilines is 1. The number of carbonyl (C=O) groups is 1. The topological polar surface area (TPSA) is 61.4 Å². The Morgan fingerprint density at radius 3 is 2.67 bits per heavy atom. The van der Waals surface area contributed by atoms with E-state index in [0.717, 1.165) is 25.7 Å². The van der Waals surface area contributed by atoms with Crippen molar-refractivity contribution in [2.24, 2.45) is 5.92 Å². The van der Waals surface area contributed by atoms with E-state index in [0.29, 0.717) is 16.6 Å². The fourth-order valence-electron chi connectivity index (χ4n) is 2.73. The average molecular weight is 311 g/mol. The Morgan fingerprint density at radius 1 is 1.38 bits per heavy atom. The fraction of sp³-hybridized carbons (Fsp3) is 0.562. The van der Waals surface area contributed by atoms with E-state index in [4.69, 9.17) is 11.6 Å². The molecule has 116 valence electrons. The van der Waals surface area contributed by atoms with Gasteiger partial charge in [-0.2, -0.15) is 0 Å². The number of aliphatic hydroxyl groups excluding tert-OH is 1. The summed E-state index contributed by atoms with van der Waals surface area (Å²) in [6.07, 6.45) is 3.98. The third-order valence-corrected chi connectivity index (χ3v) is 4.64. The zero-order valence-electron chi connectivity index (χ0n) is 12.4. The first-order valence-electron chi connectivity index (χ1n) is 7.45. The standard InChI is InChI=1S/C16H23ClN2O2/c1-12-6-8-16(11-20,9-7-12)18-10-15(21)19-14-5-3-2-4-13(14)17/h2-5,12,18,20H,6-11H2,1H3,(H,19,21). The van der Waals surface area contributed by atoms with Gasteiger partial charge in [0.25, 0.3) is 0 Å². The van der Waals surface area contributed by atoms with Gasteiger partial charge >= 0.3 is 0 Å². The highest BCUT2D eigenvalue weighted by Crippen LogP contribution is 2.31. The minimum Gasteiger partial charge on any atom is -0.394 e. The van der Waals surface area contributed by atoms with E-state index in [-0.39, 0.29) is 24.6 Å². The number of nitrogens with one attached hydrogen (secondary N) is 2. The maximum Gasteiger partial charge on any atom is 0.238 e. The van der Waals surface area contributed by atoms with Crippen LogP contribution >= 0.6 is 11.6 Å². The molecule has 2 rings (SSSR count). The highest BCUT2D eigenvalue weighted by atomic mass is 35.5. The van der Waals surface area contributed by atoms with Gasteiger partial charge < -0.3 is 15.7 Å². The van der Waals surface area contributed by atoms with Crippen LogP contribution in [0.15, 0.2) is 24.3 Å². The molecule has 0 atom stereocenters. The highest BCUT2D eigenvalue weighted by molar-refractivity contribution is 6.33. The molecule has 4 nitrogen and oxygen atoms in total. The Morgan fingerprint density at radius 2 is 2.05 bits per heavy atom. The number of rotatable bonds is 5. The summed E-state index contributed by atoms with van der Waals surface area (Å²) in [4.78, 5) is 12.0. The average Bonchev–Trinajstić information content (AvgIpc) is 2.50. The minimum atomic E-state index is -0.315. The molecular formula is C16H23ClN2O2. The molecule has 0 heterocycles. The SMILES string of the molecule is CC1CCC(CO)(NCC(=O)Nc2ccccc2Cl)CC1. The van der Waals surface area contributed by atoms with E-state index >= 15 is 0 Å². The van der Waals surface area contributed by atoms with Crippen LogP contribution in [0.1, 0.15) is 32.6 Å². The first-order valence-corrected chi connectivity index (χ1v) is 7.83. The van der Waals surface area contributed by atoms with Gasteiger partial charge in [-0.1, -0.05) is 30.7 Å². The van der Waals surface area contributed by atoms with Crippen molar-refractivity contribution in [3.05, 3.63) is 29.3 Å². The van der Waals surface area contributed by atoms with Crippen LogP contribution in [0.5, 0.6) is 0 Å². The number of halogens is 1. The van der Waals surface area contributed by atoms with E-state index in [9.17, 15) is 9.90 Å². The summed E-state index contributed by atoms with van der Waals surface area (Å²) in [6.45, 7) is 2.48. The second-order valence-electron chi connectivity index (χ2n) is 6.00. The fourth-order valence-corrected chi connectivity index (χ4v) is 2.91. The first-order chi connectivity index (χ1) is 10.0. The van der Waals surface area contributed by atoms with Gasteiger partial charge in [0.1, 0.15) is 0 Å². The van der Waals surface area contributed by atoms with Gasteiger partial charge in [0.2, 0.25) is 5.91 Å². The van der Waals surface area contributed by atoms with Gasteiger partial charge in [0.15, 0.2) is 0 Å². The predicted octanol–water partition coefficient (Wildman–Crippen LogP) is 2.81. The summed E-state index contributed by atoms with van der Waals surface area (Å²) in [5, 5.41) is 16.2. The molecule has 0 saturated heterocycles. The molecule has 3 N–H and O–H groups in total. The molecule has 0 unspecified atom stereocenters. The van der Waals surface area contributed by atoms with Gasteiger partial charge in [-0.05, 0) is 43.7 Å². The summed E-state index contributed by atoms with van der Waals surface area (Å²) >= 11 is 6.01. The van der Waals surface area contributed by atoms with E-state index in [1.165, 1.54) is 0 Å². The smallest absolute Gasteiger partial charge is 0.238 e. The summed E-state index contributed by atoms with van der Waals surface area (Å²) < 4.78 is 0. The largest absolute Gasteiger partial charge is 0.394 e. The van der Waals surface area contributed by atoms with Gasteiger partial charge in [-0.25, -0.2) is 0 Å². The van der Waals surface area contributed by atoms with Crippen LogP contribution in [0, 0.1) is 5.92 Å². The van der Waals surface area contributed by atoms with Crippen LogP contribution in [-0.4, -0.2) is 29.7 Å². The Kier molecular flexibility index (Phi) is 5.62. The van der Waals surface area contributed by atoms with E-state index in [1.807, 2.05) is 12.1 Å². The van der Waals surface area contributed by atoms with Crippen molar-refractivity contribution in [2.75, 3.05) is 18.5 Å². The van der Waals surface area contributed by atoms with Crippen molar-refractivity contribution >= 4 is 23.2 Å². The lowest BCUT2D eigenvalue weighted by atomic mass is 9.77. The molecule has 1 fully saturated rings. The normalized spacial score (nSPS) is 25.6. The lowest BCUT2D eigenvalue weighted by Crippen LogP contribution is -2.53. The first kappa shape index (κ1) is 16.3. The van der Waals surface area contributed by atoms with Gasteiger partial charge in [-0.3, -0.25) is 4.79 Å². The molecule has 21 heavy (non-hydrogen) atoms. The number of carbonyl (C=O) groups excluding carboxylic acids is 1. The maximum atomic E-state index is 12.0. The van der Waals surface area contributed by atoms with Crippen LogP contribution in [0.3, 0.4) is 0 Å². The predicted molar refractivity (Wildman–Crippen MR) is 85.5 cm³/mol. The second-order valence-corrected chi connectivity index (χ2v) is 6.41. The molecule has 0 spiro atoms. The van der Waals surface area contributed by atoms with Crippen molar-refractivity contribution in [3.8, 4) is 0 Å². The van der Waals surface area contributed by atoms with Crippen molar-refractivity contribution in [3.63, 3.8) is 0 Å². The molecule has 0 aromatic heterocycles. The molecule has 1 amide bonds. The third kappa shape index (κ3) is 4.43. The zero-order valence-corrected chi connectivity index (χ0v) is 13.1. The molecule has 1 saturated carbocycles. The van der Waals surface area contributed by atoms with E-state index in [1.54, 1.807) is 12.1 Å². The van der Waals surface area contributed by atoms with E-state index < -0.39 is 0 Å². The Balaban J connectivity index is 1.87. The van der Waals surface area contributed by atoms with Gasteiger partial charge in [0.05, 0.1) is 23.9 Å². The molecule has 0 bridgehead atoms. The number of hydrogen-bond donors (Lipinski definition) is 3. The number of benzene rings is 1. The van der Waals surface area contributed by atoms with Crippen LogP contribution in [0.25, 0.3) is 0 Å². The lowest BCUT2D eigenvalue weighted by Gasteiger charge is -2.38. The molecule has 1 aliphatic rings. The van der Waals surface area contributed by atoms with Crippen LogP contribution < -0.4 is 10.6 Å². The molecule has 5 heteroatoms.